The number of nitrogen functional groups attached to an aromatic ring is 1. The summed E-state index contributed by atoms with van der Waals surface area (Å²) in [4.78, 5) is 12.0. The molecule has 0 saturated heterocycles. The molecule has 0 aliphatic heterocycles. The van der Waals surface area contributed by atoms with Crippen LogP contribution in [0, 0.1) is 13.8 Å². The number of aromatic nitrogens is 2. The van der Waals surface area contributed by atoms with Crippen molar-refractivity contribution in [2.24, 2.45) is 7.05 Å². The molecule has 0 saturated carbocycles. The molecule has 1 amide bonds. The van der Waals surface area contributed by atoms with Gasteiger partial charge in [-0.2, -0.15) is 5.10 Å². The van der Waals surface area contributed by atoms with Crippen molar-refractivity contribution in [1.82, 2.24) is 15.1 Å². The first-order valence-electron chi connectivity index (χ1n) is 6.12. The normalized spacial score (nSPS) is 9.95. The minimum Gasteiger partial charge on any atom is -0.399 e. The minimum atomic E-state index is -0.130. The maximum absolute atomic E-state index is 12.0. The zero-order valence-corrected chi connectivity index (χ0v) is 12.6. The highest BCUT2D eigenvalue weighted by Crippen LogP contribution is 2.12. The second-order valence-corrected chi connectivity index (χ2v) is 4.58. The molecule has 2 rings (SSSR count). The molecule has 108 valence electrons. The molecule has 0 unspecified atom stereocenters. The fourth-order valence-electron chi connectivity index (χ4n) is 2.02. The lowest BCUT2D eigenvalue weighted by atomic mass is 10.1. The van der Waals surface area contributed by atoms with Gasteiger partial charge in [0.1, 0.15) is 0 Å². The Hall–Kier alpha value is -2.01. The van der Waals surface area contributed by atoms with E-state index in [1.165, 1.54) is 0 Å². The number of nitrogens with one attached hydrogen (secondary N) is 1. The van der Waals surface area contributed by atoms with Crippen LogP contribution in [0.1, 0.15) is 27.3 Å². The van der Waals surface area contributed by atoms with E-state index in [-0.39, 0.29) is 18.3 Å². The van der Waals surface area contributed by atoms with Crippen molar-refractivity contribution < 1.29 is 4.79 Å². The van der Waals surface area contributed by atoms with Gasteiger partial charge < -0.3 is 11.1 Å². The van der Waals surface area contributed by atoms with E-state index in [0.29, 0.717) is 17.8 Å². The number of halogens is 1. The Kier molecular flexibility index (Phi) is 5.16. The van der Waals surface area contributed by atoms with E-state index in [4.69, 9.17) is 5.73 Å². The first-order valence-corrected chi connectivity index (χ1v) is 6.12. The molecule has 20 heavy (non-hydrogen) atoms. The van der Waals surface area contributed by atoms with E-state index >= 15 is 0 Å². The predicted molar refractivity (Wildman–Crippen MR) is 82.0 cm³/mol. The summed E-state index contributed by atoms with van der Waals surface area (Å²) in [5.41, 5.74) is 9.87. The van der Waals surface area contributed by atoms with E-state index in [9.17, 15) is 4.79 Å². The number of nitrogens with two attached hydrogens (primary N) is 1. The maximum Gasteiger partial charge on any atom is 0.251 e. The average molecular weight is 295 g/mol. The SMILES string of the molecule is Cc1nn(C)c(C)c1CNC(=O)c1cccc(N)c1.Cl. The Bertz CT molecular complexity index is 622. The third kappa shape index (κ3) is 3.30. The van der Waals surface area contributed by atoms with E-state index in [0.717, 1.165) is 17.0 Å². The van der Waals surface area contributed by atoms with Crippen molar-refractivity contribution in [3.8, 4) is 0 Å². The Morgan fingerprint density at radius 2 is 2.10 bits per heavy atom. The van der Waals surface area contributed by atoms with Crippen LogP contribution in [0.3, 0.4) is 0 Å². The van der Waals surface area contributed by atoms with E-state index in [1.807, 2.05) is 25.6 Å². The van der Waals surface area contributed by atoms with Crippen LogP contribution in [0.2, 0.25) is 0 Å². The number of aryl methyl sites for hydroxylation is 2. The number of benzene rings is 1. The van der Waals surface area contributed by atoms with Gasteiger partial charge >= 0.3 is 0 Å². The van der Waals surface area contributed by atoms with Gasteiger partial charge in [0, 0.05) is 36.1 Å². The number of rotatable bonds is 3. The quantitative estimate of drug-likeness (QED) is 0.850. The largest absolute Gasteiger partial charge is 0.399 e. The molecule has 3 N–H and O–H groups in total. The summed E-state index contributed by atoms with van der Waals surface area (Å²) in [6, 6.07) is 6.93. The third-order valence-electron chi connectivity index (χ3n) is 3.23. The lowest BCUT2D eigenvalue weighted by Crippen LogP contribution is -2.23. The van der Waals surface area contributed by atoms with Gasteiger partial charge in [0.05, 0.1) is 5.69 Å². The summed E-state index contributed by atoms with van der Waals surface area (Å²) in [5.74, 6) is -0.130. The molecule has 0 aliphatic carbocycles. The molecule has 1 aromatic heterocycles. The molecule has 0 radical (unpaired) electrons. The lowest BCUT2D eigenvalue weighted by molar-refractivity contribution is 0.0951. The Balaban J connectivity index is 0.00000200. The molecule has 1 aromatic carbocycles. The van der Waals surface area contributed by atoms with Gasteiger partial charge in [-0.1, -0.05) is 6.07 Å². The second kappa shape index (κ2) is 6.43. The molecule has 0 fully saturated rings. The molecule has 5 nitrogen and oxygen atoms in total. The summed E-state index contributed by atoms with van der Waals surface area (Å²) < 4.78 is 1.82. The van der Waals surface area contributed by atoms with Crippen LogP contribution in [0.5, 0.6) is 0 Å². The molecule has 0 bridgehead atoms. The van der Waals surface area contributed by atoms with E-state index < -0.39 is 0 Å². The minimum absolute atomic E-state index is 0. The monoisotopic (exact) mass is 294 g/mol. The number of hydrogen-bond acceptors (Lipinski definition) is 3. The molecule has 0 spiro atoms. The number of carbonyl (C=O) groups excluding carboxylic acids is 1. The Morgan fingerprint density at radius 1 is 1.40 bits per heavy atom. The lowest BCUT2D eigenvalue weighted by Gasteiger charge is -2.06. The highest BCUT2D eigenvalue weighted by atomic mass is 35.5. The number of anilines is 1. The Morgan fingerprint density at radius 3 is 2.65 bits per heavy atom. The molecule has 6 heteroatoms. The summed E-state index contributed by atoms with van der Waals surface area (Å²) >= 11 is 0. The van der Waals surface area contributed by atoms with Gasteiger partial charge in [0.25, 0.3) is 5.91 Å². The van der Waals surface area contributed by atoms with Gasteiger partial charge in [-0.05, 0) is 32.0 Å². The fraction of sp³-hybridized carbons (Fsp3) is 0.286. The first kappa shape index (κ1) is 16.0. The average Bonchev–Trinajstić information content (AvgIpc) is 2.61. The fourth-order valence-corrected chi connectivity index (χ4v) is 2.02. The first-order chi connectivity index (χ1) is 8.99. The van der Waals surface area contributed by atoms with Gasteiger partial charge in [-0.25, -0.2) is 0 Å². The van der Waals surface area contributed by atoms with Crippen LogP contribution in [-0.2, 0) is 13.6 Å². The second-order valence-electron chi connectivity index (χ2n) is 4.58. The molecular formula is C14H19ClN4O. The zero-order chi connectivity index (χ0) is 14.0. The van der Waals surface area contributed by atoms with Crippen molar-refractivity contribution >= 4 is 24.0 Å². The van der Waals surface area contributed by atoms with Crippen LogP contribution in [0.4, 0.5) is 5.69 Å². The van der Waals surface area contributed by atoms with Crippen LogP contribution in [0.15, 0.2) is 24.3 Å². The molecular weight excluding hydrogens is 276 g/mol. The Labute approximate surface area is 124 Å². The molecule has 0 aliphatic rings. The van der Waals surface area contributed by atoms with Crippen molar-refractivity contribution in [1.29, 1.82) is 0 Å². The zero-order valence-electron chi connectivity index (χ0n) is 11.8. The van der Waals surface area contributed by atoms with Crippen molar-refractivity contribution in [3.05, 3.63) is 46.8 Å². The summed E-state index contributed by atoms with van der Waals surface area (Å²) in [6.45, 7) is 4.40. The standard InChI is InChI=1S/C14H18N4O.ClH/c1-9-13(10(2)18(3)17-9)8-16-14(19)11-5-4-6-12(15)7-11;/h4-7H,8,15H2,1-3H3,(H,16,19);1H. The van der Waals surface area contributed by atoms with Crippen molar-refractivity contribution in [2.75, 3.05) is 5.73 Å². The van der Waals surface area contributed by atoms with Crippen LogP contribution in [0.25, 0.3) is 0 Å². The van der Waals surface area contributed by atoms with Crippen molar-refractivity contribution in [3.63, 3.8) is 0 Å². The molecule has 1 heterocycles. The van der Waals surface area contributed by atoms with E-state index in [1.54, 1.807) is 24.3 Å². The van der Waals surface area contributed by atoms with Crippen LogP contribution in [-0.4, -0.2) is 15.7 Å². The topological polar surface area (TPSA) is 72.9 Å². The highest BCUT2D eigenvalue weighted by molar-refractivity contribution is 5.94. The summed E-state index contributed by atoms with van der Waals surface area (Å²) in [6.07, 6.45) is 0. The third-order valence-corrected chi connectivity index (χ3v) is 3.23. The van der Waals surface area contributed by atoms with Crippen molar-refractivity contribution in [2.45, 2.75) is 20.4 Å². The predicted octanol–water partition coefficient (Wildman–Crippen LogP) is 1.97. The molecule has 0 atom stereocenters. The number of amides is 1. The van der Waals surface area contributed by atoms with Gasteiger partial charge in [0.15, 0.2) is 0 Å². The van der Waals surface area contributed by atoms with Gasteiger partial charge in [0.2, 0.25) is 0 Å². The van der Waals surface area contributed by atoms with Gasteiger partial charge in [-0.15, -0.1) is 12.4 Å². The number of nitrogens with zero attached hydrogens (tertiary/aromatic N) is 2. The highest BCUT2D eigenvalue weighted by Gasteiger charge is 2.11. The van der Waals surface area contributed by atoms with Crippen LogP contribution < -0.4 is 11.1 Å². The van der Waals surface area contributed by atoms with E-state index in [2.05, 4.69) is 10.4 Å². The summed E-state index contributed by atoms with van der Waals surface area (Å²) in [5, 5.41) is 7.21. The number of hydrogen-bond donors (Lipinski definition) is 2. The van der Waals surface area contributed by atoms with Crippen LogP contribution >= 0.6 is 12.4 Å². The number of carbonyl (C=O) groups is 1. The summed E-state index contributed by atoms with van der Waals surface area (Å²) in [7, 11) is 1.89. The van der Waals surface area contributed by atoms with Gasteiger partial charge in [-0.3, -0.25) is 9.48 Å². The molecule has 2 aromatic rings. The maximum atomic E-state index is 12.0. The smallest absolute Gasteiger partial charge is 0.251 e.